The first-order chi connectivity index (χ1) is 14.7. The predicted octanol–water partition coefficient (Wildman–Crippen LogP) is 5.78. The van der Waals surface area contributed by atoms with Crippen molar-refractivity contribution in [2.45, 2.75) is 39.3 Å². The van der Waals surface area contributed by atoms with Crippen molar-refractivity contribution in [1.29, 1.82) is 0 Å². The third-order valence-corrected chi connectivity index (χ3v) is 4.25. The van der Waals surface area contributed by atoms with Crippen molar-refractivity contribution in [1.82, 2.24) is 14.9 Å². The molecule has 0 radical (unpaired) electrons. The molecule has 2 aromatic rings. The van der Waals surface area contributed by atoms with Crippen LogP contribution in [0.15, 0.2) is 55.8 Å². The Morgan fingerprint density at radius 1 is 1.29 bits per heavy atom. The lowest BCUT2D eigenvalue weighted by molar-refractivity contribution is 0.0237. The topological polar surface area (TPSA) is 79.4 Å². The van der Waals surface area contributed by atoms with Gasteiger partial charge in [-0.15, -0.1) is 13.2 Å². The second-order valence-corrected chi connectivity index (χ2v) is 8.27. The Labute approximate surface area is 189 Å². The molecular weight excluding hydrogens is 414 g/mol. The summed E-state index contributed by atoms with van der Waals surface area (Å²) in [4.78, 5) is 22.9. The highest BCUT2D eigenvalue weighted by Crippen LogP contribution is 2.22. The summed E-state index contributed by atoms with van der Waals surface area (Å²) in [6, 6.07) is 7.71. The lowest BCUT2D eigenvalue weighted by Crippen LogP contribution is -2.37. The van der Waals surface area contributed by atoms with Crippen LogP contribution in [0.2, 0.25) is 5.02 Å². The number of rotatable bonds is 10. The van der Waals surface area contributed by atoms with Crippen molar-refractivity contribution >= 4 is 35.1 Å². The zero-order chi connectivity index (χ0) is 22.9. The molecule has 0 saturated carbocycles. The quantitative estimate of drug-likeness (QED) is 0.453. The standard InChI is InChI=1S/C23H30ClN5O2/c1-6-8-13-29(22(30)31-23(3,4)5)16-17-10-9-11-18(14-17)27-21-26-15-19(24)20(28-21)25-12-7-2/h6-7,9-11,14-15H,1-2,8,12-13,16H2,3-5H3,(H2,25,26,27,28). The zero-order valence-corrected chi connectivity index (χ0v) is 19.1. The Bertz CT molecular complexity index is 911. The Balaban J connectivity index is 2.15. The van der Waals surface area contributed by atoms with E-state index >= 15 is 0 Å². The second kappa shape index (κ2) is 11.4. The molecule has 2 rings (SSSR count). The molecule has 0 fully saturated rings. The predicted molar refractivity (Wildman–Crippen MR) is 127 cm³/mol. The molecular formula is C23H30ClN5O2. The number of hydrogen-bond donors (Lipinski definition) is 2. The molecule has 0 saturated heterocycles. The van der Waals surface area contributed by atoms with Crippen LogP contribution in [0.3, 0.4) is 0 Å². The van der Waals surface area contributed by atoms with Gasteiger partial charge in [0.05, 0.1) is 6.20 Å². The molecule has 0 bridgehead atoms. The van der Waals surface area contributed by atoms with E-state index in [4.69, 9.17) is 16.3 Å². The van der Waals surface area contributed by atoms with Crippen LogP contribution in [0.5, 0.6) is 0 Å². The highest BCUT2D eigenvalue weighted by molar-refractivity contribution is 6.32. The van der Waals surface area contributed by atoms with E-state index in [1.54, 1.807) is 17.1 Å². The second-order valence-electron chi connectivity index (χ2n) is 7.86. The van der Waals surface area contributed by atoms with Gasteiger partial charge >= 0.3 is 6.09 Å². The number of benzene rings is 1. The minimum Gasteiger partial charge on any atom is -0.444 e. The van der Waals surface area contributed by atoms with Gasteiger partial charge in [0.15, 0.2) is 5.82 Å². The van der Waals surface area contributed by atoms with Gasteiger partial charge in [-0.25, -0.2) is 9.78 Å². The number of ether oxygens (including phenoxy) is 1. The molecule has 0 unspecified atom stereocenters. The summed E-state index contributed by atoms with van der Waals surface area (Å²) in [5, 5.41) is 6.67. The number of anilines is 3. The summed E-state index contributed by atoms with van der Waals surface area (Å²) in [6.45, 7) is 14.4. The fraction of sp³-hybridized carbons (Fsp3) is 0.348. The largest absolute Gasteiger partial charge is 0.444 e. The van der Waals surface area contributed by atoms with Crippen molar-refractivity contribution in [2.24, 2.45) is 0 Å². The Kier molecular flexibility index (Phi) is 8.88. The lowest BCUT2D eigenvalue weighted by atomic mass is 10.2. The molecule has 8 heteroatoms. The molecule has 1 aromatic heterocycles. The van der Waals surface area contributed by atoms with E-state index in [-0.39, 0.29) is 6.09 Å². The van der Waals surface area contributed by atoms with Gasteiger partial charge in [0, 0.05) is 25.3 Å². The molecule has 0 aliphatic carbocycles. The van der Waals surface area contributed by atoms with Gasteiger partial charge in [-0.05, 0) is 44.9 Å². The molecule has 0 aliphatic heterocycles. The summed E-state index contributed by atoms with van der Waals surface area (Å²) >= 11 is 6.13. The van der Waals surface area contributed by atoms with E-state index in [1.165, 1.54) is 6.20 Å². The number of hydrogen-bond acceptors (Lipinski definition) is 6. The molecule has 166 valence electrons. The Morgan fingerprint density at radius 3 is 2.74 bits per heavy atom. The maximum atomic E-state index is 12.6. The third kappa shape index (κ3) is 8.30. The zero-order valence-electron chi connectivity index (χ0n) is 18.3. The SMILES string of the molecule is C=CCCN(Cc1cccc(Nc2ncc(Cl)c(NCC=C)n2)c1)C(=O)OC(C)(C)C. The number of amides is 1. The summed E-state index contributed by atoms with van der Waals surface area (Å²) < 4.78 is 5.54. The summed E-state index contributed by atoms with van der Waals surface area (Å²) in [5.41, 5.74) is 1.18. The molecule has 1 aromatic carbocycles. The minimum atomic E-state index is -0.559. The van der Waals surface area contributed by atoms with Crippen molar-refractivity contribution < 1.29 is 9.53 Å². The van der Waals surface area contributed by atoms with Gasteiger partial charge in [0.2, 0.25) is 5.95 Å². The monoisotopic (exact) mass is 443 g/mol. The number of carbonyl (C=O) groups excluding carboxylic acids is 1. The van der Waals surface area contributed by atoms with E-state index in [2.05, 4.69) is 33.8 Å². The van der Waals surface area contributed by atoms with Crippen molar-refractivity contribution in [3.63, 3.8) is 0 Å². The van der Waals surface area contributed by atoms with Crippen LogP contribution in [-0.4, -0.2) is 39.7 Å². The average molecular weight is 444 g/mol. The van der Waals surface area contributed by atoms with Crippen molar-refractivity contribution in [3.8, 4) is 0 Å². The van der Waals surface area contributed by atoms with Crippen LogP contribution in [0.1, 0.15) is 32.8 Å². The molecule has 1 heterocycles. The van der Waals surface area contributed by atoms with Gasteiger partial charge < -0.3 is 20.3 Å². The number of carbonyl (C=O) groups is 1. The smallest absolute Gasteiger partial charge is 0.410 e. The minimum absolute atomic E-state index is 0.355. The van der Waals surface area contributed by atoms with E-state index in [1.807, 2.05) is 45.0 Å². The first-order valence-corrected chi connectivity index (χ1v) is 10.4. The van der Waals surface area contributed by atoms with Gasteiger partial charge in [-0.2, -0.15) is 4.98 Å². The van der Waals surface area contributed by atoms with Gasteiger partial charge in [-0.1, -0.05) is 35.9 Å². The first kappa shape index (κ1) is 24.2. The molecule has 1 amide bonds. The van der Waals surface area contributed by atoms with Crippen LogP contribution in [0.4, 0.5) is 22.2 Å². The summed E-state index contributed by atoms with van der Waals surface area (Å²) in [7, 11) is 0. The maximum Gasteiger partial charge on any atom is 0.410 e. The Morgan fingerprint density at radius 2 is 2.06 bits per heavy atom. The highest BCUT2D eigenvalue weighted by atomic mass is 35.5. The maximum absolute atomic E-state index is 12.6. The van der Waals surface area contributed by atoms with Gasteiger partial charge in [-0.3, -0.25) is 0 Å². The average Bonchev–Trinajstić information content (AvgIpc) is 2.70. The van der Waals surface area contributed by atoms with Crippen LogP contribution in [-0.2, 0) is 11.3 Å². The van der Waals surface area contributed by atoms with Crippen molar-refractivity contribution in [2.75, 3.05) is 23.7 Å². The van der Waals surface area contributed by atoms with E-state index in [0.29, 0.717) is 42.8 Å². The molecule has 0 spiro atoms. The number of nitrogens with zero attached hydrogens (tertiary/aromatic N) is 3. The van der Waals surface area contributed by atoms with E-state index < -0.39 is 5.60 Å². The van der Waals surface area contributed by atoms with Crippen LogP contribution in [0.25, 0.3) is 0 Å². The van der Waals surface area contributed by atoms with E-state index in [9.17, 15) is 4.79 Å². The first-order valence-electron chi connectivity index (χ1n) is 10.0. The van der Waals surface area contributed by atoms with Crippen LogP contribution >= 0.6 is 11.6 Å². The number of nitrogens with one attached hydrogen (secondary N) is 2. The molecule has 31 heavy (non-hydrogen) atoms. The molecule has 2 N–H and O–H groups in total. The fourth-order valence-corrected chi connectivity index (χ4v) is 2.78. The van der Waals surface area contributed by atoms with E-state index in [0.717, 1.165) is 11.3 Å². The molecule has 0 atom stereocenters. The van der Waals surface area contributed by atoms with Crippen molar-refractivity contribution in [3.05, 3.63) is 66.4 Å². The van der Waals surface area contributed by atoms with Gasteiger partial charge in [0.25, 0.3) is 0 Å². The number of aromatic nitrogens is 2. The van der Waals surface area contributed by atoms with Gasteiger partial charge in [0.1, 0.15) is 10.6 Å². The highest BCUT2D eigenvalue weighted by Gasteiger charge is 2.22. The summed E-state index contributed by atoms with van der Waals surface area (Å²) in [5.74, 6) is 0.930. The summed E-state index contributed by atoms with van der Waals surface area (Å²) in [6.07, 6.45) is 5.36. The molecule has 0 aliphatic rings. The third-order valence-electron chi connectivity index (χ3n) is 3.97. The fourth-order valence-electron chi connectivity index (χ4n) is 2.63. The lowest BCUT2D eigenvalue weighted by Gasteiger charge is -2.27. The molecule has 7 nitrogen and oxygen atoms in total. The normalized spacial score (nSPS) is 10.8. The Hall–Kier alpha value is -3.06. The van der Waals surface area contributed by atoms with Crippen LogP contribution < -0.4 is 10.6 Å². The van der Waals surface area contributed by atoms with Crippen LogP contribution in [0, 0.1) is 0 Å². The number of halogens is 1.